The second kappa shape index (κ2) is 9.30. The molecule has 0 aromatic heterocycles. The Bertz CT molecular complexity index is 1310. The minimum absolute atomic E-state index is 0.0134. The van der Waals surface area contributed by atoms with E-state index in [-0.39, 0.29) is 16.4 Å². The summed E-state index contributed by atoms with van der Waals surface area (Å²) in [5, 5.41) is 9.37. The number of halogens is 1. The average molecular weight is 561 g/mol. The van der Waals surface area contributed by atoms with Crippen LogP contribution in [0.25, 0.3) is 5.57 Å². The van der Waals surface area contributed by atoms with Crippen LogP contribution in [0.4, 0.5) is 4.39 Å². The molecular formula is C38H53FO2. The Morgan fingerprint density at radius 1 is 0.976 bits per heavy atom. The lowest BCUT2D eigenvalue weighted by Gasteiger charge is -2.72. The smallest absolute Gasteiger partial charge is 0.335 e. The maximum Gasteiger partial charge on any atom is 0.335 e. The summed E-state index contributed by atoms with van der Waals surface area (Å²) in [7, 11) is 0. The van der Waals surface area contributed by atoms with Crippen molar-refractivity contribution in [1.82, 2.24) is 0 Å². The van der Waals surface area contributed by atoms with Crippen molar-refractivity contribution >= 4 is 11.5 Å². The van der Waals surface area contributed by atoms with E-state index in [4.69, 9.17) is 0 Å². The number of aromatic carboxylic acids is 1. The highest BCUT2D eigenvalue weighted by Crippen LogP contribution is 2.78. The summed E-state index contributed by atoms with van der Waals surface area (Å²) in [5.74, 6) is 1.90. The molecule has 1 N–H and O–H groups in total. The van der Waals surface area contributed by atoms with Gasteiger partial charge in [0.25, 0.3) is 0 Å². The summed E-state index contributed by atoms with van der Waals surface area (Å²) >= 11 is 0. The van der Waals surface area contributed by atoms with Crippen molar-refractivity contribution in [2.45, 2.75) is 113 Å². The lowest BCUT2D eigenvalue weighted by molar-refractivity contribution is -0.225. The van der Waals surface area contributed by atoms with E-state index in [2.05, 4.69) is 61.1 Å². The number of carboxylic acids is 1. The van der Waals surface area contributed by atoms with Crippen molar-refractivity contribution in [2.75, 3.05) is 0 Å². The second-order valence-corrected chi connectivity index (χ2v) is 16.4. The predicted octanol–water partition coefficient (Wildman–Crippen LogP) is 10.6. The van der Waals surface area contributed by atoms with Gasteiger partial charge in [-0.1, -0.05) is 72.3 Å². The number of allylic oxidation sites excluding steroid dienone is 3. The van der Waals surface area contributed by atoms with Gasteiger partial charge in [-0.05, 0) is 139 Å². The highest BCUT2D eigenvalue weighted by atomic mass is 19.1. The van der Waals surface area contributed by atoms with Crippen molar-refractivity contribution < 1.29 is 14.3 Å². The Balaban J connectivity index is 1.37. The lowest BCUT2D eigenvalue weighted by atomic mass is 9.32. The molecule has 5 aliphatic carbocycles. The number of hydrogen-bond acceptors (Lipinski definition) is 1. The first kappa shape index (κ1) is 29.2. The highest BCUT2D eigenvalue weighted by Gasteiger charge is 2.70. The number of fused-ring (bicyclic) bond motifs is 7. The molecule has 5 aliphatic rings. The van der Waals surface area contributed by atoms with Gasteiger partial charge in [-0.25, -0.2) is 9.18 Å². The molecule has 0 aliphatic heterocycles. The zero-order valence-electron chi connectivity index (χ0n) is 26.7. The van der Waals surface area contributed by atoms with E-state index in [1.54, 1.807) is 12.1 Å². The number of benzene rings is 1. The molecule has 0 bridgehead atoms. The molecule has 0 radical (unpaired) electrons. The van der Waals surface area contributed by atoms with Crippen molar-refractivity contribution in [2.24, 2.45) is 56.7 Å². The van der Waals surface area contributed by atoms with Gasteiger partial charge >= 0.3 is 5.97 Å². The molecule has 3 heteroatoms. The largest absolute Gasteiger partial charge is 0.478 e. The summed E-state index contributed by atoms with van der Waals surface area (Å²) in [5.41, 5.74) is 4.25. The lowest BCUT2D eigenvalue weighted by Crippen LogP contribution is -2.65. The van der Waals surface area contributed by atoms with Crippen LogP contribution in [0.15, 0.2) is 36.4 Å². The van der Waals surface area contributed by atoms with E-state index in [0.29, 0.717) is 39.6 Å². The van der Waals surface area contributed by atoms with Crippen LogP contribution in [-0.2, 0) is 0 Å². The molecule has 1 aromatic carbocycles. The summed E-state index contributed by atoms with van der Waals surface area (Å²) in [4.78, 5) is 11.4. The molecule has 0 unspecified atom stereocenters. The SMILES string of the molecule is C=C(C)[C@@H]1CC[C@]2(CC)CC[C@]3(C)[C@H](CC[C@@H]4[C@@]5(C)CC=C(c6ccc(C(=O)O)cc6F)C(C)(C)[C@@H]5CC[C@]43C)[C@@H]12. The molecule has 0 amide bonds. The topological polar surface area (TPSA) is 37.3 Å². The van der Waals surface area contributed by atoms with Crippen LogP contribution >= 0.6 is 0 Å². The fraction of sp³-hybridized carbons (Fsp3) is 0.711. The first-order valence-corrected chi connectivity index (χ1v) is 16.6. The van der Waals surface area contributed by atoms with Crippen molar-refractivity contribution in [3.63, 3.8) is 0 Å². The van der Waals surface area contributed by atoms with Gasteiger partial charge < -0.3 is 5.11 Å². The number of carbonyl (C=O) groups is 1. The molecule has 4 fully saturated rings. The molecule has 0 saturated heterocycles. The van der Waals surface area contributed by atoms with Gasteiger partial charge in [0.15, 0.2) is 0 Å². The third-order valence-electron chi connectivity index (χ3n) is 15.0. The molecule has 6 rings (SSSR count). The average Bonchev–Trinajstić information content (AvgIpc) is 3.30. The van der Waals surface area contributed by atoms with Gasteiger partial charge in [0, 0.05) is 5.56 Å². The van der Waals surface area contributed by atoms with Gasteiger partial charge in [0.2, 0.25) is 0 Å². The number of hydrogen-bond donors (Lipinski definition) is 1. The van der Waals surface area contributed by atoms with Crippen LogP contribution in [0.3, 0.4) is 0 Å². The van der Waals surface area contributed by atoms with E-state index < -0.39 is 11.8 Å². The number of carboxylic acid groups (broad SMARTS) is 1. The monoisotopic (exact) mass is 560 g/mol. The fourth-order valence-corrected chi connectivity index (χ4v) is 12.8. The zero-order valence-corrected chi connectivity index (χ0v) is 26.7. The van der Waals surface area contributed by atoms with Gasteiger partial charge in [-0.2, -0.15) is 0 Å². The quantitative estimate of drug-likeness (QED) is 0.372. The third kappa shape index (κ3) is 3.75. The fourth-order valence-electron chi connectivity index (χ4n) is 12.8. The standard InChI is InChI=1S/C38H53FO2/c1-9-38-19-14-25(23(2)3)32(38)28-12-13-31-35(6)17-15-27(26-11-10-24(33(40)41)22-29(26)39)34(4,5)30(35)16-18-37(31,8)36(28,7)20-21-38/h10-11,15,22,25,28,30-32H,2,9,12-14,16-21H2,1,3-8H3,(H,40,41)/t25-,28+,30-,31+,32+,35-,36+,37+,38+/m0/s1. The molecule has 224 valence electrons. The van der Waals surface area contributed by atoms with E-state index in [0.717, 1.165) is 23.8 Å². The Hall–Kier alpha value is -1.90. The van der Waals surface area contributed by atoms with Crippen molar-refractivity contribution in [1.29, 1.82) is 0 Å². The molecule has 41 heavy (non-hydrogen) atoms. The Morgan fingerprint density at radius 2 is 1.71 bits per heavy atom. The van der Waals surface area contributed by atoms with E-state index in [1.807, 2.05) is 0 Å². The van der Waals surface area contributed by atoms with Crippen LogP contribution in [0.1, 0.15) is 129 Å². The molecule has 2 nitrogen and oxygen atoms in total. The van der Waals surface area contributed by atoms with Crippen LogP contribution in [0.2, 0.25) is 0 Å². The Labute approximate surface area is 248 Å². The van der Waals surface area contributed by atoms with Gasteiger partial charge in [-0.3, -0.25) is 0 Å². The molecule has 9 atom stereocenters. The van der Waals surface area contributed by atoms with Crippen LogP contribution in [0.5, 0.6) is 0 Å². The zero-order chi connectivity index (χ0) is 29.8. The van der Waals surface area contributed by atoms with E-state index in [1.165, 1.54) is 69.4 Å². The van der Waals surface area contributed by atoms with Crippen molar-refractivity contribution in [3.05, 3.63) is 53.4 Å². The Kier molecular flexibility index (Phi) is 6.62. The maximum atomic E-state index is 15.4. The predicted molar refractivity (Wildman–Crippen MR) is 166 cm³/mol. The van der Waals surface area contributed by atoms with Crippen molar-refractivity contribution in [3.8, 4) is 0 Å². The summed E-state index contributed by atoms with van der Waals surface area (Å²) in [6.45, 7) is 21.9. The molecule has 0 heterocycles. The van der Waals surface area contributed by atoms with Gasteiger partial charge in [0.1, 0.15) is 5.82 Å². The summed E-state index contributed by atoms with van der Waals surface area (Å²) in [6.07, 6.45) is 15.2. The van der Waals surface area contributed by atoms with Crippen LogP contribution in [-0.4, -0.2) is 11.1 Å². The van der Waals surface area contributed by atoms with Gasteiger partial charge in [-0.15, -0.1) is 0 Å². The van der Waals surface area contributed by atoms with Gasteiger partial charge in [0.05, 0.1) is 5.56 Å². The molecule has 0 spiro atoms. The minimum Gasteiger partial charge on any atom is -0.478 e. The van der Waals surface area contributed by atoms with Crippen LogP contribution in [0, 0.1) is 62.5 Å². The normalized spacial score (nSPS) is 44.6. The molecular weight excluding hydrogens is 507 g/mol. The van der Waals surface area contributed by atoms with E-state index in [9.17, 15) is 9.90 Å². The summed E-state index contributed by atoms with van der Waals surface area (Å²) in [6, 6.07) is 4.46. The molecule has 1 aromatic rings. The van der Waals surface area contributed by atoms with E-state index >= 15 is 4.39 Å². The number of rotatable bonds is 4. The molecule has 4 saturated carbocycles. The third-order valence-corrected chi connectivity index (χ3v) is 15.0. The minimum atomic E-state index is -1.08. The Morgan fingerprint density at radius 3 is 2.34 bits per heavy atom. The first-order valence-electron chi connectivity index (χ1n) is 16.6. The maximum absolute atomic E-state index is 15.4. The summed E-state index contributed by atoms with van der Waals surface area (Å²) < 4.78 is 15.4. The van der Waals surface area contributed by atoms with Crippen LogP contribution < -0.4 is 0 Å². The second-order valence-electron chi connectivity index (χ2n) is 16.4. The highest BCUT2D eigenvalue weighted by molar-refractivity contribution is 5.88. The first-order chi connectivity index (χ1) is 19.2.